The molecule has 0 bridgehead atoms. The number of rotatable bonds is 48. The maximum Gasteiger partial charge on any atom is 2.00 e. The van der Waals surface area contributed by atoms with E-state index in [4.69, 9.17) is 23.7 Å². The molecule has 0 aromatic heterocycles. The summed E-state index contributed by atoms with van der Waals surface area (Å²) in [6, 6.07) is 0. The Hall–Kier alpha value is 0.602. The van der Waals surface area contributed by atoms with Crippen molar-refractivity contribution < 1.29 is 167 Å². The smallest absolute Gasteiger partial charge is 0.381 e. The molecule has 0 spiro atoms. The van der Waals surface area contributed by atoms with Gasteiger partial charge in [0.1, 0.15) is 40.5 Å². The predicted octanol–water partition coefficient (Wildman–Crippen LogP) is 36.0. The van der Waals surface area contributed by atoms with Crippen LogP contribution in [0.5, 0.6) is 0 Å². The monoisotopic (exact) mass is 2790 g/mol. The molecule has 0 aliphatic carbocycles. The fourth-order valence-electron chi connectivity index (χ4n) is 9.28. The van der Waals surface area contributed by atoms with Crippen LogP contribution < -0.4 is 0 Å². The maximum atomic E-state index is 11.0. The molecule has 0 saturated heterocycles. The minimum absolute atomic E-state index is 0. The number of hydrogen-bond donors (Lipinski definition) is 0. The van der Waals surface area contributed by atoms with E-state index >= 15 is 0 Å². The SMILES string of the molecule is CC(=O)CCCOCCCC(C)(C)C.CC(=O)CCOCCCC(C)(C)C.CCC(=O)CCCOCCCC(C)(C)C.CCC(=O)CCOCCCC(C)(C)C.CCCCOCCCC(C)(C)C.[CH2-]CC(=O)CC.[CH2-]CC(C)=O.[CH2-]CCC.[CH2-]CCC(=O)CC.[CH2-]CCC(C)(C)C.[CH2-]CCC(C)(C)C.[CH2-]CCC(C)(C)C.[CH2-]CCC(C)(C)C.[CH2-]CCC(C)(C)C.[CH2-]CCC(C)=O.[W+2].[W+2].[W+2].[W+2].[W+2]. The van der Waals surface area contributed by atoms with Crippen LogP contribution in [0.1, 0.15) is 534 Å². The van der Waals surface area contributed by atoms with Gasteiger partial charge in [-0.15, -0.1) is 12.8 Å². The molecular weight excluding hydrogens is 2540 g/mol. The molecular formula is C118H240O13W5. The second-order valence-corrected chi connectivity index (χ2v) is 46.2. The van der Waals surface area contributed by atoms with E-state index in [0.717, 1.165) is 143 Å². The summed E-state index contributed by atoms with van der Waals surface area (Å²) >= 11 is 0. The Kier molecular flexibility index (Phi) is 171. The van der Waals surface area contributed by atoms with E-state index in [1.165, 1.54) is 96.8 Å². The molecule has 0 saturated carbocycles. The largest absolute Gasteiger partial charge is 2.00 e. The van der Waals surface area contributed by atoms with Crippen LogP contribution in [-0.2, 0) is 167 Å². The van der Waals surface area contributed by atoms with Gasteiger partial charge in [-0.2, -0.15) is 51.4 Å². The van der Waals surface area contributed by atoms with Crippen LogP contribution in [0.4, 0.5) is 0 Å². The van der Waals surface area contributed by atoms with Crippen LogP contribution in [0.2, 0.25) is 0 Å². The first-order valence-electron chi connectivity index (χ1n) is 51.5. The molecule has 18 heteroatoms. The number of hydrogen-bond acceptors (Lipinski definition) is 13. The molecule has 0 unspecified atom stereocenters. The molecule has 13 nitrogen and oxygen atoms in total. The topological polar surface area (TPSA) is 183 Å². The van der Waals surface area contributed by atoms with Gasteiger partial charge in [0.15, 0.2) is 0 Å². The van der Waals surface area contributed by atoms with Crippen molar-refractivity contribution in [2.24, 2.45) is 54.1 Å². The average Bonchev–Trinajstić information content (AvgIpc) is 1.01. The van der Waals surface area contributed by atoms with E-state index in [1.54, 1.807) is 20.8 Å². The van der Waals surface area contributed by atoms with Crippen molar-refractivity contribution in [3.63, 3.8) is 0 Å². The number of ether oxygens (including phenoxy) is 5. The van der Waals surface area contributed by atoms with Gasteiger partial charge in [0.05, 0.1) is 19.0 Å². The molecule has 0 aromatic rings. The molecule has 0 aromatic carbocycles. The average molecular weight is 2790 g/mol. The maximum absolute atomic E-state index is 11.0. The fraction of sp³-hybridized carbons (Fsp3) is 0.847. The molecule has 0 rings (SSSR count). The van der Waals surface area contributed by atoms with Crippen molar-refractivity contribution in [1.29, 1.82) is 0 Å². The summed E-state index contributed by atoms with van der Waals surface area (Å²) in [6.45, 7) is 129. The summed E-state index contributed by atoms with van der Waals surface area (Å²) in [5.41, 5.74) is 4.50. The number of ketones is 8. The van der Waals surface area contributed by atoms with Gasteiger partial charge in [0, 0.05) is 104 Å². The third kappa shape index (κ3) is 293. The van der Waals surface area contributed by atoms with Crippen LogP contribution in [0.3, 0.4) is 0 Å². The van der Waals surface area contributed by atoms with E-state index in [1.807, 2.05) is 27.7 Å². The molecule has 0 heterocycles. The Morgan fingerprint density at radius 2 is 0.368 bits per heavy atom. The van der Waals surface area contributed by atoms with Crippen molar-refractivity contribution in [3.05, 3.63) is 69.2 Å². The standard InChI is InChI=1S/C13H26O2.2C12H24O2.C11H22O2.C11H24O.5C7H15.C6H11O.2C5H9O.C4H7O.C4H9.5W/c1-5-12(14)8-6-10-15-11-7-9-13(2,3)4;1-11(13)7-5-9-14-10-6-8-12(2,3)4;1-5-11(13)7-10-14-9-6-8-12(2,3)4;1-10(12)6-9-13-8-5-7-11(2,3)4;1-5-6-9-12-10-7-8-11(2,3)4;5*1-5-6-7(2,3)4;1-3-5-6(7)4-2;1-3-4-5(2)6;1-3-5(6)4-2;1-3-4(2)5;1-3-4-2;;;;;/h5-11H2,1-4H3;2*5-10H2,1-4H3;5-9H2,1-4H3;5-10H2,1-4H3;5*1,5-6H2,2-4H3;1,3-5H2,2H3;2*1,3-4H2,2H3;1,3H2,2H3;1,3-4H2,2H3;;;;;/q;;;;;10*-1;5*+2. The normalized spacial score (nSPS) is 10.7. The third-order valence-corrected chi connectivity index (χ3v) is 17.6. The number of unbranched alkanes of at least 4 members (excludes halogenated alkanes) is 2. The van der Waals surface area contributed by atoms with Crippen LogP contribution in [-0.4, -0.2) is 112 Å². The number of carbonyl (C=O) groups is 8. The van der Waals surface area contributed by atoms with E-state index in [0.29, 0.717) is 162 Å². The molecule has 0 aliphatic heterocycles. The third-order valence-electron chi connectivity index (χ3n) is 17.6. The van der Waals surface area contributed by atoms with Crippen molar-refractivity contribution in [2.75, 3.05) is 66.1 Å². The molecule has 0 N–H and O–H groups in total. The Bertz CT molecular complexity index is 2260. The summed E-state index contributed by atoms with van der Waals surface area (Å²) in [6.07, 6.45) is 38.1. The quantitative estimate of drug-likeness (QED) is 0.0415. The van der Waals surface area contributed by atoms with Crippen LogP contribution in [0.15, 0.2) is 0 Å². The fourth-order valence-corrected chi connectivity index (χ4v) is 9.28. The van der Waals surface area contributed by atoms with Gasteiger partial charge in [0.2, 0.25) is 0 Å². The van der Waals surface area contributed by atoms with E-state index in [9.17, 15) is 38.4 Å². The van der Waals surface area contributed by atoms with Gasteiger partial charge in [-0.3, -0.25) is 19.2 Å². The number of Topliss-reactive ketones (excluding diaryl/α,β-unsaturated/α-hetero) is 8. The van der Waals surface area contributed by atoms with E-state index < -0.39 is 0 Å². The van der Waals surface area contributed by atoms with Gasteiger partial charge in [-0.1, -0.05) is 294 Å². The van der Waals surface area contributed by atoms with Crippen LogP contribution >= 0.6 is 0 Å². The van der Waals surface area contributed by atoms with E-state index in [-0.39, 0.29) is 134 Å². The Morgan fingerprint density at radius 1 is 0.184 bits per heavy atom. The summed E-state index contributed by atoms with van der Waals surface area (Å²) < 4.78 is 27.1. The second-order valence-electron chi connectivity index (χ2n) is 46.2. The first-order valence-corrected chi connectivity index (χ1v) is 51.5. The molecule has 136 heavy (non-hydrogen) atoms. The van der Waals surface area contributed by atoms with Crippen molar-refractivity contribution in [1.82, 2.24) is 0 Å². The summed E-state index contributed by atoms with van der Waals surface area (Å²) in [7, 11) is 0. The molecule has 0 atom stereocenters. The van der Waals surface area contributed by atoms with Gasteiger partial charge in [-0.05, 0) is 178 Å². The van der Waals surface area contributed by atoms with Crippen molar-refractivity contribution >= 4 is 46.3 Å². The predicted molar refractivity (Wildman–Crippen MR) is 584 cm³/mol. The Morgan fingerprint density at radius 3 is 0.507 bits per heavy atom. The van der Waals surface area contributed by atoms with Crippen molar-refractivity contribution in [3.8, 4) is 0 Å². The summed E-state index contributed by atoms with van der Waals surface area (Å²) in [4.78, 5) is 83.3. The number of carbonyl (C=O) groups excluding carboxylic acids is 8. The Labute approximate surface area is 928 Å². The zero-order chi connectivity index (χ0) is 107. The van der Waals surface area contributed by atoms with Gasteiger partial charge in [0.25, 0.3) is 0 Å². The molecule has 0 radical (unpaired) electrons. The molecule has 0 aliphatic rings. The Balaban J connectivity index is -0.0000000596. The minimum atomic E-state index is 0. The van der Waals surface area contributed by atoms with Gasteiger partial charge < -0.3 is 112 Å². The molecule has 0 amide bonds. The first kappa shape index (κ1) is 185. The zero-order valence-corrected chi connectivity index (χ0v) is 113. The van der Waals surface area contributed by atoms with Crippen molar-refractivity contribution in [2.45, 2.75) is 534 Å². The zero-order valence-electron chi connectivity index (χ0n) is 98.8. The molecule has 820 valence electrons. The first-order chi connectivity index (χ1) is 59.7. The van der Waals surface area contributed by atoms with Gasteiger partial charge >= 0.3 is 105 Å². The summed E-state index contributed by atoms with van der Waals surface area (Å²) in [5, 5.41) is 0. The van der Waals surface area contributed by atoms with Crippen LogP contribution in [0.25, 0.3) is 0 Å². The second kappa shape index (κ2) is 126. The van der Waals surface area contributed by atoms with Gasteiger partial charge in [-0.25, -0.2) is 0 Å². The minimum Gasteiger partial charge on any atom is -0.381 e. The van der Waals surface area contributed by atoms with E-state index in [2.05, 4.69) is 291 Å². The summed E-state index contributed by atoms with van der Waals surface area (Å²) in [5.74, 6) is 2.01. The molecule has 0 fully saturated rings. The van der Waals surface area contributed by atoms with Crippen LogP contribution in [0, 0.1) is 123 Å².